The number of nitrogens with zero attached hydrogens (tertiary/aromatic N) is 2. The van der Waals surface area contributed by atoms with Crippen molar-refractivity contribution in [2.24, 2.45) is 0 Å². The van der Waals surface area contributed by atoms with Crippen molar-refractivity contribution in [1.29, 1.82) is 0 Å². The van der Waals surface area contributed by atoms with Crippen LogP contribution in [-0.2, 0) is 11.2 Å². The van der Waals surface area contributed by atoms with Crippen LogP contribution in [-0.4, -0.2) is 16.1 Å². The molecule has 0 saturated heterocycles. The molecule has 0 unspecified atom stereocenters. The van der Waals surface area contributed by atoms with Crippen molar-refractivity contribution in [1.82, 2.24) is 15.5 Å². The fraction of sp³-hybridized carbons (Fsp3) is 0.0870. The summed E-state index contributed by atoms with van der Waals surface area (Å²) in [5.74, 6) is -0.106. The fourth-order valence-electron chi connectivity index (χ4n) is 3.04. The molecule has 1 atom stereocenters. The molecule has 3 aromatic carbocycles. The van der Waals surface area contributed by atoms with E-state index < -0.39 is 6.04 Å². The summed E-state index contributed by atoms with van der Waals surface area (Å²) in [6.45, 7) is 0. The fourth-order valence-corrected chi connectivity index (χ4v) is 3.16. The number of aromatic nitrogens is 2. The van der Waals surface area contributed by atoms with Crippen molar-refractivity contribution in [2.45, 2.75) is 12.5 Å². The number of benzene rings is 3. The van der Waals surface area contributed by atoms with Gasteiger partial charge in [0.25, 0.3) is 0 Å². The molecule has 4 aromatic rings. The zero-order valence-corrected chi connectivity index (χ0v) is 16.5. The minimum Gasteiger partial charge on any atom is -0.418 e. The molecule has 0 aliphatic rings. The third-order valence-electron chi connectivity index (χ3n) is 4.47. The van der Waals surface area contributed by atoms with Crippen molar-refractivity contribution < 1.29 is 13.6 Å². The zero-order chi connectivity index (χ0) is 20.9. The second-order valence-electron chi connectivity index (χ2n) is 6.67. The highest BCUT2D eigenvalue weighted by Gasteiger charge is 2.23. The second kappa shape index (κ2) is 8.88. The van der Waals surface area contributed by atoms with Crippen molar-refractivity contribution >= 4 is 17.5 Å². The maximum absolute atomic E-state index is 13.4. The Bertz CT molecular complexity index is 1150. The normalized spacial score (nSPS) is 11.8. The van der Waals surface area contributed by atoms with E-state index in [0.29, 0.717) is 16.5 Å². The maximum Gasteiger partial charge on any atom is 0.247 e. The Morgan fingerprint density at radius 3 is 2.50 bits per heavy atom. The van der Waals surface area contributed by atoms with Crippen LogP contribution in [0.2, 0.25) is 5.02 Å². The Morgan fingerprint density at radius 1 is 1.00 bits per heavy atom. The average molecular weight is 422 g/mol. The van der Waals surface area contributed by atoms with E-state index in [1.165, 1.54) is 12.1 Å². The lowest BCUT2D eigenvalue weighted by Gasteiger charge is -2.16. The lowest BCUT2D eigenvalue weighted by atomic mass is 10.1. The smallest absolute Gasteiger partial charge is 0.247 e. The molecular formula is C23H17ClFN3O2. The SMILES string of the molecule is O=C(Cc1cccc(F)c1)N[C@@H](c1ccccc1)c1nnc(-c2ccc(Cl)cc2)o1. The van der Waals surface area contributed by atoms with E-state index in [0.717, 1.165) is 11.1 Å². The molecule has 0 aliphatic heterocycles. The monoisotopic (exact) mass is 421 g/mol. The third kappa shape index (κ3) is 4.72. The molecule has 4 rings (SSSR count). The van der Waals surface area contributed by atoms with Gasteiger partial charge < -0.3 is 9.73 Å². The molecule has 0 fully saturated rings. The molecule has 0 aliphatic carbocycles. The number of hydrogen-bond donors (Lipinski definition) is 1. The first-order valence-electron chi connectivity index (χ1n) is 9.26. The Morgan fingerprint density at radius 2 is 1.77 bits per heavy atom. The molecule has 1 amide bonds. The van der Waals surface area contributed by atoms with E-state index in [-0.39, 0.29) is 24.0 Å². The van der Waals surface area contributed by atoms with E-state index in [4.69, 9.17) is 16.0 Å². The third-order valence-corrected chi connectivity index (χ3v) is 4.72. The van der Waals surface area contributed by atoms with Gasteiger partial charge in [0.1, 0.15) is 11.9 Å². The van der Waals surface area contributed by atoms with Crippen molar-refractivity contribution in [2.75, 3.05) is 0 Å². The van der Waals surface area contributed by atoms with Gasteiger partial charge in [-0.3, -0.25) is 4.79 Å². The van der Waals surface area contributed by atoms with E-state index in [2.05, 4.69) is 15.5 Å². The lowest BCUT2D eigenvalue weighted by molar-refractivity contribution is -0.121. The quantitative estimate of drug-likeness (QED) is 0.477. The summed E-state index contributed by atoms with van der Waals surface area (Å²) in [5, 5.41) is 11.8. The van der Waals surface area contributed by atoms with Crippen LogP contribution in [0.1, 0.15) is 23.1 Å². The summed E-state index contributed by atoms with van der Waals surface area (Å²) in [5.41, 5.74) is 2.08. The van der Waals surface area contributed by atoms with Gasteiger partial charge in [-0.15, -0.1) is 10.2 Å². The van der Waals surface area contributed by atoms with Gasteiger partial charge in [-0.25, -0.2) is 4.39 Å². The highest BCUT2D eigenvalue weighted by molar-refractivity contribution is 6.30. The summed E-state index contributed by atoms with van der Waals surface area (Å²) in [4.78, 5) is 12.7. The predicted octanol–water partition coefficient (Wildman–Crippen LogP) is 4.98. The molecular weight excluding hydrogens is 405 g/mol. The van der Waals surface area contributed by atoms with Gasteiger partial charge in [-0.05, 0) is 47.5 Å². The van der Waals surface area contributed by atoms with E-state index in [1.54, 1.807) is 36.4 Å². The summed E-state index contributed by atoms with van der Waals surface area (Å²) in [6.07, 6.45) is 0.0271. The average Bonchev–Trinajstić information content (AvgIpc) is 3.23. The van der Waals surface area contributed by atoms with Crippen LogP contribution in [0.5, 0.6) is 0 Å². The first-order chi connectivity index (χ1) is 14.6. The molecule has 0 spiro atoms. The number of rotatable bonds is 6. The Labute approximate surface area is 177 Å². The van der Waals surface area contributed by atoms with Crippen LogP contribution in [0.4, 0.5) is 4.39 Å². The second-order valence-corrected chi connectivity index (χ2v) is 7.11. The molecule has 5 nitrogen and oxygen atoms in total. The minimum absolute atomic E-state index is 0.0271. The highest BCUT2D eigenvalue weighted by atomic mass is 35.5. The van der Waals surface area contributed by atoms with E-state index in [1.807, 2.05) is 30.3 Å². The van der Waals surface area contributed by atoms with E-state index >= 15 is 0 Å². The summed E-state index contributed by atoms with van der Waals surface area (Å²) < 4.78 is 19.3. The number of halogens is 2. The van der Waals surface area contributed by atoms with Crippen LogP contribution >= 0.6 is 11.6 Å². The molecule has 30 heavy (non-hydrogen) atoms. The molecule has 0 saturated carbocycles. The number of carbonyl (C=O) groups excluding carboxylic acids is 1. The highest BCUT2D eigenvalue weighted by Crippen LogP contribution is 2.26. The van der Waals surface area contributed by atoms with Crippen LogP contribution in [0, 0.1) is 5.82 Å². The van der Waals surface area contributed by atoms with Gasteiger partial charge in [-0.1, -0.05) is 54.1 Å². The first-order valence-corrected chi connectivity index (χ1v) is 9.64. The number of amides is 1. The van der Waals surface area contributed by atoms with Gasteiger partial charge in [0, 0.05) is 10.6 Å². The van der Waals surface area contributed by atoms with Crippen LogP contribution in [0.3, 0.4) is 0 Å². The molecule has 1 heterocycles. The summed E-state index contributed by atoms with van der Waals surface area (Å²) in [7, 11) is 0. The largest absolute Gasteiger partial charge is 0.418 e. The van der Waals surface area contributed by atoms with Crippen LogP contribution in [0.15, 0.2) is 83.3 Å². The van der Waals surface area contributed by atoms with Gasteiger partial charge >= 0.3 is 0 Å². The Kier molecular flexibility index (Phi) is 5.86. The van der Waals surface area contributed by atoms with Crippen molar-refractivity contribution in [3.05, 3.63) is 107 Å². The molecule has 1 N–H and O–H groups in total. The van der Waals surface area contributed by atoms with Crippen LogP contribution in [0.25, 0.3) is 11.5 Å². The Balaban J connectivity index is 1.59. The van der Waals surface area contributed by atoms with Gasteiger partial charge in [-0.2, -0.15) is 0 Å². The topological polar surface area (TPSA) is 68.0 Å². The number of nitrogens with one attached hydrogen (secondary N) is 1. The van der Waals surface area contributed by atoms with Gasteiger partial charge in [0.05, 0.1) is 6.42 Å². The summed E-state index contributed by atoms with van der Waals surface area (Å²) in [6, 6.07) is 21.6. The number of hydrogen-bond acceptors (Lipinski definition) is 4. The Hall–Kier alpha value is -3.51. The first kappa shape index (κ1) is 19.8. The molecule has 0 radical (unpaired) electrons. The van der Waals surface area contributed by atoms with Crippen LogP contribution < -0.4 is 5.32 Å². The maximum atomic E-state index is 13.4. The standard InChI is InChI=1S/C23H17ClFN3O2/c24-18-11-9-17(10-12-18)22-27-28-23(30-22)21(16-6-2-1-3-7-16)26-20(29)14-15-5-4-8-19(25)13-15/h1-13,21H,14H2,(H,26,29)/t21-/m0/s1. The number of carbonyl (C=O) groups is 1. The van der Waals surface area contributed by atoms with Gasteiger partial charge in [0.2, 0.25) is 17.7 Å². The van der Waals surface area contributed by atoms with Crippen molar-refractivity contribution in [3.8, 4) is 11.5 Å². The molecule has 0 bridgehead atoms. The predicted molar refractivity (Wildman–Crippen MR) is 111 cm³/mol. The zero-order valence-electron chi connectivity index (χ0n) is 15.8. The molecule has 1 aromatic heterocycles. The minimum atomic E-state index is -0.638. The van der Waals surface area contributed by atoms with E-state index in [9.17, 15) is 9.18 Å². The van der Waals surface area contributed by atoms with Gasteiger partial charge in [0.15, 0.2) is 0 Å². The molecule has 150 valence electrons. The lowest BCUT2D eigenvalue weighted by Crippen LogP contribution is -2.30. The summed E-state index contributed by atoms with van der Waals surface area (Å²) >= 11 is 5.93. The van der Waals surface area contributed by atoms with Crippen molar-refractivity contribution in [3.63, 3.8) is 0 Å². The molecule has 7 heteroatoms.